The molecule has 0 aliphatic carbocycles. The van der Waals surface area contributed by atoms with Crippen molar-refractivity contribution in [1.29, 1.82) is 0 Å². The van der Waals surface area contributed by atoms with Crippen molar-refractivity contribution in [3.63, 3.8) is 0 Å². The van der Waals surface area contributed by atoms with Crippen LogP contribution in [0.15, 0.2) is 67.0 Å². The maximum absolute atomic E-state index is 12.5. The van der Waals surface area contributed by atoms with Gasteiger partial charge in [0.25, 0.3) is 0 Å². The average molecular weight is 409 g/mol. The number of halogens is 1. The van der Waals surface area contributed by atoms with E-state index in [4.69, 9.17) is 11.6 Å². The Labute approximate surface area is 174 Å². The maximum Gasteiger partial charge on any atom is 0.227 e. The summed E-state index contributed by atoms with van der Waals surface area (Å²) in [7, 11) is 0. The quantitative estimate of drug-likeness (QED) is 0.680. The number of nitrogens with zero attached hydrogens (tertiary/aromatic N) is 3. The Balaban J connectivity index is 1.29. The lowest BCUT2D eigenvalue weighted by atomic mass is 10.1. The van der Waals surface area contributed by atoms with Crippen LogP contribution in [0.5, 0.6) is 0 Å². The molecule has 2 amide bonds. The van der Waals surface area contributed by atoms with Crippen LogP contribution in [0.1, 0.15) is 6.42 Å². The highest BCUT2D eigenvalue weighted by Gasteiger charge is 2.34. The van der Waals surface area contributed by atoms with Gasteiger partial charge in [-0.3, -0.25) is 14.3 Å². The zero-order valence-corrected chi connectivity index (χ0v) is 16.5. The number of nitrogens with one attached hydrogen (secondary N) is 1. The molecule has 1 fully saturated rings. The van der Waals surface area contributed by atoms with Crippen LogP contribution in [0, 0.1) is 5.92 Å². The zero-order chi connectivity index (χ0) is 20.2. The Morgan fingerprint density at radius 1 is 1.10 bits per heavy atom. The van der Waals surface area contributed by atoms with E-state index in [1.165, 1.54) is 0 Å². The Morgan fingerprint density at radius 2 is 1.86 bits per heavy atom. The Morgan fingerprint density at radius 3 is 2.62 bits per heavy atom. The monoisotopic (exact) mass is 408 g/mol. The van der Waals surface area contributed by atoms with Gasteiger partial charge in [-0.2, -0.15) is 5.10 Å². The second kappa shape index (κ2) is 8.49. The predicted octanol–water partition coefficient (Wildman–Crippen LogP) is 3.37. The Kier molecular flexibility index (Phi) is 5.62. The zero-order valence-electron chi connectivity index (χ0n) is 15.8. The summed E-state index contributed by atoms with van der Waals surface area (Å²) >= 11 is 5.90. The summed E-state index contributed by atoms with van der Waals surface area (Å²) in [6, 6.07) is 17.1. The van der Waals surface area contributed by atoms with Crippen LogP contribution in [0.25, 0.3) is 11.1 Å². The van der Waals surface area contributed by atoms with Gasteiger partial charge in [0.15, 0.2) is 0 Å². The molecule has 0 unspecified atom stereocenters. The lowest BCUT2D eigenvalue weighted by Crippen LogP contribution is -2.34. The number of carbonyl (C=O) groups excluding carboxylic acids is 2. The average Bonchev–Trinajstić information content (AvgIpc) is 3.36. The largest absolute Gasteiger partial charge is 0.354 e. The van der Waals surface area contributed by atoms with E-state index >= 15 is 0 Å². The summed E-state index contributed by atoms with van der Waals surface area (Å²) in [4.78, 5) is 26.4. The number of benzene rings is 2. The minimum atomic E-state index is -0.351. The smallest absolute Gasteiger partial charge is 0.227 e. The van der Waals surface area contributed by atoms with Crippen molar-refractivity contribution >= 4 is 29.1 Å². The van der Waals surface area contributed by atoms with Crippen molar-refractivity contribution in [2.24, 2.45) is 5.92 Å². The van der Waals surface area contributed by atoms with E-state index in [2.05, 4.69) is 10.4 Å². The minimum absolute atomic E-state index is 0.0490. The summed E-state index contributed by atoms with van der Waals surface area (Å²) in [6.45, 7) is 1.41. The maximum atomic E-state index is 12.5. The summed E-state index contributed by atoms with van der Waals surface area (Å²) < 4.78 is 1.81. The van der Waals surface area contributed by atoms with Gasteiger partial charge in [-0.25, -0.2) is 0 Å². The number of hydrogen-bond donors (Lipinski definition) is 1. The number of carbonyl (C=O) groups is 2. The molecule has 2 aromatic carbocycles. The molecule has 0 radical (unpaired) electrons. The molecule has 1 aliphatic rings. The molecule has 0 spiro atoms. The second-order valence-corrected chi connectivity index (χ2v) is 7.47. The first-order chi connectivity index (χ1) is 14.1. The molecule has 6 nitrogen and oxygen atoms in total. The van der Waals surface area contributed by atoms with Crippen LogP contribution in [-0.4, -0.2) is 34.7 Å². The first-order valence-corrected chi connectivity index (χ1v) is 9.89. The van der Waals surface area contributed by atoms with E-state index in [0.717, 1.165) is 16.8 Å². The van der Waals surface area contributed by atoms with E-state index < -0.39 is 0 Å². The van der Waals surface area contributed by atoms with Crippen molar-refractivity contribution in [3.05, 3.63) is 72.0 Å². The third-order valence-electron chi connectivity index (χ3n) is 5.01. The first kappa shape index (κ1) is 19.2. The Bertz CT molecular complexity index is 1000. The van der Waals surface area contributed by atoms with Crippen LogP contribution in [0.3, 0.4) is 0 Å². The fraction of sp³-hybridized carbons (Fsp3) is 0.227. The predicted molar refractivity (Wildman–Crippen MR) is 113 cm³/mol. The van der Waals surface area contributed by atoms with E-state index in [1.54, 1.807) is 29.2 Å². The van der Waals surface area contributed by atoms with E-state index in [-0.39, 0.29) is 24.2 Å². The van der Waals surface area contributed by atoms with E-state index in [9.17, 15) is 9.59 Å². The molecule has 1 aliphatic heterocycles. The van der Waals surface area contributed by atoms with Crippen molar-refractivity contribution in [1.82, 2.24) is 15.1 Å². The topological polar surface area (TPSA) is 67.2 Å². The number of amides is 2. The molecule has 1 aromatic heterocycles. The molecule has 148 valence electrons. The van der Waals surface area contributed by atoms with Gasteiger partial charge in [0.05, 0.1) is 18.7 Å². The molecule has 1 N–H and O–H groups in total. The van der Waals surface area contributed by atoms with Crippen LogP contribution in [-0.2, 0) is 16.1 Å². The molecule has 1 atom stereocenters. The molecule has 3 aromatic rings. The van der Waals surface area contributed by atoms with Crippen molar-refractivity contribution in [2.75, 3.05) is 18.0 Å². The number of aromatic nitrogens is 2. The van der Waals surface area contributed by atoms with Gasteiger partial charge < -0.3 is 10.2 Å². The van der Waals surface area contributed by atoms with Gasteiger partial charge in [-0.05, 0) is 29.8 Å². The SMILES string of the molecule is O=C(NCCn1cc(-c2ccccc2)cn1)[C@H]1CC(=O)N(c2ccc(Cl)cc2)C1. The van der Waals surface area contributed by atoms with E-state index in [0.29, 0.717) is 24.7 Å². The molecular formula is C22H21ClN4O2. The second-order valence-electron chi connectivity index (χ2n) is 7.03. The molecule has 0 saturated carbocycles. The molecule has 29 heavy (non-hydrogen) atoms. The number of hydrogen-bond acceptors (Lipinski definition) is 3. The summed E-state index contributed by atoms with van der Waals surface area (Å²) in [5.74, 6) is -0.506. The van der Waals surface area contributed by atoms with Crippen molar-refractivity contribution < 1.29 is 9.59 Å². The normalized spacial score (nSPS) is 16.2. The highest BCUT2D eigenvalue weighted by Crippen LogP contribution is 2.26. The van der Waals surface area contributed by atoms with Crippen LogP contribution >= 0.6 is 11.6 Å². The molecule has 7 heteroatoms. The lowest BCUT2D eigenvalue weighted by Gasteiger charge is -2.16. The van der Waals surface area contributed by atoms with Gasteiger partial charge >= 0.3 is 0 Å². The van der Waals surface area contributed by atoms with Gasteiger partial charge in [0.2, 0.25) is 11.8 Å². The number of rotatable bonds is 6. The highest BCUT2D eigenvalue weighted by molar-refractivity contribution is 6.30. The third-order valence-corrected chi connectivity index (χ3v) is 5.27. The van der Waals surface area contributed by atoms with Gasteiger partial charge in [0, 0.05) is 42.0 Å². The summed E-state index contributed by atoms with van der Waals surface area (Å²) in [5, 5.41) is 7.89. The molecular weight excluding hydrogens is 388 g/mol. The molecule has 1 saturated heterocycles. The fourth-order valence-electron chi connectivity index (χ4n) is 3.46. The van der Waals surface area contributed by atoms with Gasteiger partial charge in [0.1, 0.15) is 0 Å². The minimum Gasteiger partial charge on any atom is -0.354 e. The summed E-state index contributed by atoms with van der Waals surface area (Å²) in [5.41, 5.74) is 2.91. The highest BCUT2D eigenvalue weighted by atomic mass is 35.5. The van der Waals surface area contributed by atoms with Gasteiger partial charge in [-0.15, -0.1) is 0 Å². The standard InChI is InChI=1S/C22H21ClN4O2/c23-19-6-8-20(9-7-19)27-15-17(12-21(27)28)22(29)24-10-11-26-14-18(13-25-26)16-4-2-1-3-5-16/h1-9,13-14,17H,10-12,15H2,(H,24,29)/t17-/m0/s1. The molecule has 4 rings (SSSR count). The van der Waals surface area contributed by atoms with Gasteiger partial charge in [-0.1, -0.05) is 41.9 Å². The van der Waals surface area contributed by atoms with Crippen molar-refractivity contribution in [2.45, 2.75) is 13.0 Å². The van der Waals surface area contributed by atoms with Crippen LogP contribution in [0.2, 0.25) is 5.02 Å². The van der Waals surface area contributed by atoms with E-state index in [1.807, 2.05) is 47.4 Å². The lowest BCUT2D eigenvalue weighted by molar-refractivity contribution is -0.126. The van der Waals surface area contributed by atoms with Crippen LogP contribution in [0.4, 0.5) is 5.69 Å². The molecule has 2 heterocycles. The first-order valence-electron chi connectivity index (χ1n) is 9.51. The fourth-order valence-corrected chi connectivity index (χ4v) is 3.58. The third kappa shape index (κ3) is 4.49. The Hall–Kier alpha value is -3.12. The molecule has 0 bridgehead atoms. The summed E-state index contributed by atoms with van der Waals surface area (Å²) in [6.07, 6.45) is 3.99. The van der Waals surface area contributed by atoms with Crippen LogP contribution < -0.4 is 10.2 Å². The van der Waals surface area contributed by atoms with Crippen molar-refractivity contribution in [3.8, 4) is 11.1 Å². The number of anilines is 1.